The van der Waals surface area contributed by atoms with Crippen LogP contribution in [0.2, 0.25) is 0 Å². The van der Waals surface area contributed by atoms with Gasteiger partial charge in [-0.25, -0.2) is 0 Å². The van der Waals surface area contributed by atoms with E-state index < -0.39 is 5.97 Å². The standard InChI is InChI=1S/C12H17N5O2S/c1-4-5-17-11(9-6-16(3)15-8(9)2)13-14-12(17)20-7-10(18)19/h6H,4-5,7H2,1-3H3,(H,18,19). The summed E-state index contributed by atoms with van der Waals surface area (Å²) in [6.07, 6.45) is 2.82. The lowest BCUT2D eigenvalue weighted by Crippen LogP contribution is -2.04. The molecule has 0 atom stereocenters. The Balaban J connectivity index is 2.38. The van der Waals surface area contributed by atoms with Crippen molar-refractivity contribution in [1.29, 1.82) is 0 Å². The Morgan fingerprint density at radius 1 is 1.45 bits per heavy atom. The summed E-state index contributed by atoms with van der Waals surface area (Å²) in [6, 6.07) is 0. The lowest BCUT2D eigenvalue weighted by molar-refractivity contribution is -0.133. The second-order valence-corrected chi connectivity index (χ2v) is 5.38. The van der Waals surface area contributed by atoms with E-state index in [1.165, 1.54) is 11.8 Å². The van der Waals surface area contributed by atoms with Gasteiger partial charge in [-0.15, -0.1) is 10.2 Å². The van der Waals surface area contributed by atoms with Crippen LogP contribution in [-0.4, -0.2) is 41.4 Å². The van der Waals surface area contributed by atoms with Crippen molar-refractivity contribution in [3.63, 3.8) is 0 Å². The first kappa shape index (κ1) is 14.6. The second kappa shape index (κ2) is 6.08. The van der Waals surface area contributed by atoms with Gasteiger partial charge in [-0.3, -0.25) is 9.48 Å². The van der Waals surface area contributed by atoms with Gasteiger partial charge < -0.3 is 9.67 Å². The molecule has 8 heteroatoms. The van der Waals surface area contributed by atoms with Crippen molar-refractivity contribution >= 4 is 17.7 Å². The first-order valence-corrected chi connectivity index (χ1v) is 7.30. The number of aryl methyl sites for hydroxylation is 2. The van der Waals surface area contributed by atoms with E-state index in [0.717, 1.165) is 30.0 Å². The fourth-order valence-corrected chi connectivity index (χ4v) is 2.65. The van der Waals surface area contributed by atoms with E-state index in [-0.39, 0.29) is 5.75 Å². The SMILES string of the molecule is CCCn1c(SCC(=O)O)nnc1-c1cn(C)nc1C. The predicted octanol–water partition coefficient (Wildman–Crippen LogP) is 1.57. The highest BCUT2D eigenvalue weighted by Crippen LogP contribution is 2.25. The highest BCUT2D eigenvalue weighted by Gasteiger charge is 2.18. The molecule has 0 spiro atoms. The highest BCUT2D eigenvalue weighted by atomic mass is 32.2. The number of hydrogen-bond donors (Lipinski definition) is 1. The summed E-state index contributed by atoms with van der Waals surface area (Å²) in [6.45, 7) is 4.73. The molecular weight excluding hydrogens is 278 g/mol. The Morgan fingerprint density at radius 2 is 2.20 bits per heavy atom. The van der Waals surface area contributed by atoms with Gasteiger partial charge in [0, 0.05) is 19.8 Å². The van der Waals surface area contributed by atoms with E-state index in [9.17, 15) is 4.79 Å². The fraction of sp³-hybridized carbons (Fsp3) is 0.500. The largest absolute Gasteiger partial charge is 0.481 e. The minimum absolute atomic E-state index is 0.0200. The van der Waals surface area contributed by atoms with Crippen LogP contribution >= 0.6 is 11.8 Å². The van der Waals surface area contributed by atoms with Crippen LogP contribution in [0.3, 0.4) is 0 Å². The second-order valence-electron chi connectivity index (χ2n) is 4.44. The topological polar surface area (TPSA) is 85.8 Å². The molecule has 0 saturated heterocycles. The van der Waals surface area contributed by atoms with Crippen LogP contribution in [0.25, 0.3) is 11.4 Å². The number of carbonyl (C=O) groups is 1. The molecule has 7 nitrogen and oxygen atoms in total. The number of nitrogens with zero attached hydrogens (tertiary/aromatic N) is 5. The van der Waals surface area contributed by atoms with E-state index in [1.807, 2.05) is 24.7 Å². The molecule has 2 heterocycles. The molecule has 20 heavy (non-hydrogen) atoms. The third kappa shape index (κ3) is 3.01. The number of carboxylic acid groups (broad SMARTS) is 1. The van der Waals surface area contributed by atoms with Crippen LogP contribution in [0.1, 0.15) is 19.0 Å². The lowest BCUT2D eigenvalue weighted by atomic mass is 10.2. The molecule has 0 aromatic carbocycles. The summed E-state index contributed by atoms with van der Waals surface area (Å²) in [5.41, 5.74) is 1.81. The molecular formula is C12H17N5O2S. The zero-order valence-corrected chi connectivity index (χ0v) is 12.5. The van der Waals surface area contributed by atoms with Crippen LogP contribution in [0, 0.1) is 6.92 Å². The summed E-state index contributed by atoms with van der Waals surface area (Å²) in [4.78, 5) is 10.7. The Kier molecular flexibility index (Phi) is 4.43. The molecule has 0 unspecified atom stereocenters. The summed E-state index contributed by atoms with van der Waals surface area (Å²) in [5.74, 6) is -0.140. The van der Waals surface area contributed by atoms with E-state index in [1.54, 1.807) is 4.68 Å². The van der Waals surface area contributed by atoms with Crippen molar-refractivity contribution in [2.75, 3.05) is 5.75 Å². The molecule has 0 fully saturated rings. The maximum absolute atomic E-state index is 10.7. The van der Waals surface area contributed by atoms with Crippen molar-refractivity contribution < 1.29 is 9.90 Å². The maximum atomic E-state index is 10.7. The molecule has 2 aromatic heterocycles. The van der Waals surface area contributed by atoms with Gasteiger partial charge in [0.05, 0.1) is 17.0 Å². The van der Waals surface area contributed by atoms with Crippen LogP contribution in [0.15, 0.2) is 11.4 Å². The minimum atomic E-state index is -0.861. The van der Waals surface area contributed by atoms with Gasteiger partial charge in [-0.05, 0) is 13.3 Å². The average Bonchev–Trinajstić information content (AvgIpc) is 2.91. The smallest absolute Gasteiger partial charge is 0.313 e. The number of carboxylic acids is 1. The average molecular weight is 295 g/mol. The molecule has 0 aliphatic carbocycles. The van der Waals surface area contributed by atoms with Gasteiger partial charge in [-0.1, -0.05) is 18.7 Å². The lowest BCUT2D eigenvalue weighted by Gasteiger charge is -2.07. The summed E-state index contributed by atoms with van der Waals surface area (Å²) < 4.78 is 3.69. The molecule has 1 N–H and O–H groups in total. The Morgan fingerprint density at radius 3 is 2.75 bits per heavy atom. The van der Waals surface area contributed by atoms with Crippen LogP contribution < -0.4 is 0 Å². The normalized spacial score (nSPS) is 10.9. The van der Waals surface area contributed by atoms with Crippen molar-refractivity contribution in [3.8, 4) is 11.4 Å². The minimum Gasteiger partial charge on any atom is -0.481 e. The Bertz CT molecular complexity index is 619. The zero-order valence-electron chi connectivity index (χ0n) is 11.7. The van der Waals surface area contributed by atoms with E-state index in [2.05, 4.69) is 22.2 Å². The number of aliphatic carboxylic acids is 1. The molecule has 0 saturated carbocycles. The van der Waals surface area contributed by atoms with E-state index in [0.29, 0.717) is 5.16 Å². The van der Waals surface area contributed by atoms with E-state index >= 15 is 0 Å². The molecule has 0 amide bonds. The fourth-order valence-electron chi connectivity index (χ4n) is 1.97. The maximum Gasteiger partial charge on any atom is 0.313 e. The van der Waals surface area contributed by atoms with Crippen LogP contribution in [0.5, 0.6) is 0 Å². The van der Waals surface area contributed by atoms with Crippen molar-refractivity contribution in [1.82, 2.24) is 24.5 Å². The molecule has 0 aliphatic heterocycles. The van der Waals surface area contributed by atoms with Crippen LogP contribution in [0.4, 0.5) is 0 Å². The Hall–Kier alpha value is -1.83. The molecule has 2 rings (SSSR count). The quantitative estimate of drug-likeness (QED) is 0.814. The Labute approximate surface area is 121 Å². The summed E-state index contributed by atoms with van der Waals surface area (Å²) >= 11 is 1.19. The first-order valence-electron chi connectivity index (χ1n) is 6.31. The molecule has 2 aromatic rings. The monoisotopic (exact) mass is 295 g/mol. The first-order chi connectivity index (χ1) is 9.52. The van der Waals surface area contributed by atoms with Crippen molar-refractivity contribution in [3.05, 3.63) is 11.9 Å². The molecule has 0 bridgehead atoms. The van der Waals surface area contributed by atoms with Crippen molar-refractivity contribution in [2.45, 2.75) is 32.0 Å². The predicted molar refractivity (Wildman–Crippen MR) is 75.6 cm³/mol. The molecule has 0 aliphatic rings. The number of thioether (sulfide) groups is 1. The van der Waals surface area contributed by atoms with Gasteiger partial charge in [0.15, 0.2) is 11.0 Å². The van der Waals surface area contributed by atoms with Gasteiger partial charge in [0.25, 0.3) is 0 Å². The number of rotatable bonds is 6. The number of aromatic nitrogens is 5. The van der Waals surface area contributed by atoms with Gasteiger partial charge in [0.1, 0.15) is 0 Å². The number of hydrogen-bond acceptors (Lipinski definition) is 5. The van der Waals surface area contributed by atoms with Gasteiger partial charge in [0.2, 0.25) is 0 Å². The van der Waals surface area contributed by atoms with E-state index in [4.69, 9.17) is 5.11 Å². The van der Waals surface area contributed by atoms with Gasteiger partial charge in [-0.2, -0.15) is 5.10 Å². The third-order valence-corrected chi connectivity index (χ3v) is 3.69. The summed E-state index contributed by atoms with van der Waals surface area (Å²) in [7, 11) is 1.86. The summed E-state index contributed by atoms with van der Waals surface area (Å²) in [5, 5.41) is 22.0. The van der Waals surface area contributed by atoms with Gasteiger partial charge >= 0.3 is 5.97 Å². The highest BCUT2D eigenvalue weighted by molar-refractivity contribution is 7.99. The third-order valence-electron chi connectivity index (χ3n) is 2.74. The van der Waals surface area contributed by atoms with Crippen molar-refractivity contribution in [2.24, 2.45) is 7.05 Å². The molecule has 108 valence electrons. The zero-order chi connectivity index (χ0) is 14.7. The van der Waals surface area contributed by atoms with Crippen LogP contribution in [-0.2, 0) is 18.4 Å². The molecule has 0 radical (unpaired) electrons.